The molecule has 1 fully saturated rings. The molecule has 1 amide bonds. The third-order valence-corrected chi connectivity index (χ3v) is 5.63. The summed E-state index contributed by atoms with van der Waals surface area (Å²) < 4.78 is 4.75. The van der Waals surface area contributed by atoms with Crippen LogP contribution in [0.5, 0.6) is 0 Å². The number of aryl methyl sites for hydroxylation is 2. The van der Waals surface area contributed by atoms with E-state index in [4.69, 9.17) is 4.74 Å². The molecule has 1 aliphatic heterocycles. The number of hydrogen-bond acceptors (Lipinski definition) is 7. The van der Waals surface area contributed by atoms with Crippen LogP contribution in [0.2, 0.25) is 0 Å². The Kier molecular flexibility index (Phi) is 5.79. The van der Waals surface area contributed by atoms with Crippen LogP contribution in [-0.4, -0.2) is 47.0 Å². The van der Waals surface area contributed by atoms with E-state index in [0.29, 0.717) is 23.4 Å². The van der Waals surface area contributed by atoms with E-state index in [2.05, 4.69) is 25.2 Å². The van der Waals surface area contributed by atoms with E-state index in [1.54, 1.807) is 30.5 Å². The fraction of sp³-hybridized carbons (Fsp3) is 0.348. The number of piperidine rings is 1. The maximum atomic E-state index is 12.9. The van der Waals surface area contributed by atoms with Gasteiger partial charge in [-0.2, -0.15) is 0 Å². The van der Waals surface area contributed by atoms with E-state index in [-0.39, 0.29) is 11.8 Å². The van der Waals surface area contributed by atoms with Crippen LogP contribution in [0.4, 0.5) is 11.4 Å². The van der Waals surface area contributed by atoms with Crippen LogP contribution in [0.25, 0.3) is 11.2 Å². The number of fused-ring (bicyclic) bond motifs is 1. The summed E-state index contributed by atoms with van der Waals surface area (Å²) in [7, 11) is 1.33. The summed E-state index contributed by atoms with van der Waals surface area (Å²) in [5.41, 5.74) is 5.07. The molecule has 1 saturated heterocycles. The Balaban J connectivity index is 1.48. The number of carbonyl (C=O) groups excluding carboxylic acids is 2. The zero-order chi connectivity index (χ0) is 22.0. The monoisotopic (exact) mass is 419 g/mol. The summed E-state index contributed by atoms with van der Waals surface area (Å²) in [5.74, 6) is -0.666. The fourth-order valence-corrected chi connectivity index (χ4v) is 3.79. The highest BCUT2D eigenvalue weighted by Gasteiger charge is 2.26. The van der Waals surface area contributed by atoms with E-state index < -0.39 is 5.97 Å². The van der Waals surface area contributed by atoms with Gasteiger partial charge in [0.1, 0.15) is 5.52 Å². The van der Waals surface area contributed by atoms with Gasteiger partial charge in [-0.3, -0.25) is 4.79 Å². The summed E-state index contributed by atoms with van der Waals surface area (Å²) in [5, 5.41) is 2.93. The third kappa shape index (κ3) is 4.47. The van der Waals surface area contributed by atoms with E-state index >= 15 is 0 Å². The second kappa shape index (κ2) is 8.67. The van der Waals surface area contributed by atoms with Crippen molar-refractivity contribution in [1.82, 2.24) is 15.0 Å². The number of ether oxygens (including phenoxy) is 1. The number of nitrogens with zero attached hydrogens (tertiary/aromatic N) is 4. The van der Waals surface area contributed by atoms with Gasteiger partial charge in [0.05, 0.1) is 41.9 Å². The number of pyridine rings is 1. The van der Waals surface area contributed by atoms with Gasteiger partial charge in [0.25, 0.3) is 0 Å². The lowest BCUT2D eigenvalue weighted by molar-refractivity contribution is -0.120. The maximum absolute atomic E-state index is 12.9. The molecule has 160 valence electrons. The van der Waals surface area contributed by atoms with Gasteiger partial charge in [0, 0.05) is 18.8 Å². The first kappa shape index (κ1) is 20.7. The molecule has 31 heavy (non-hydrogen) atoms. The average molecular weight is 419 g/mol. The molecular weight excluding hydrogens is 394 g/mol. The Hall–Kier alpha value is -3.55. The van der Waals surface area contributed by atoms with Crippen molar-refractivity contribution >= 4 is 34.4 Å². The van der Waals surface area contributed by atoms with Gasteiger partial charge in [0.2, 0.25) is 5.91 Å². The molecule has 1 N–H and O–H groups in total. The first-order valence-electron chi connectivity index (χ1n) is 10.3. The molecule has 1 atom stereocenters. The number of carbonyl (C=O) groups is 2. The van der Waals surface area contributed by atoms with Crippen LogP contribution < -0.4 is 10.2 Å². The van der Waals surface area contributed by atoms with E-state index in [1.165, 1.54) is 7.11 Å². The van der Waals surface area contributed by atoms with Crippen LogP contribution >= 0.6 is 0 Å². The van der Waals surface area contributed by atoms with Crippen molar-refractivity contribution in [2.24, 2.45) is 5.92 Å². The molecule has 2 aromatic heterocycles. The summed E-state index contributed by atoms with van der Waals surface area (Å²) >= 11 is 0. The molecule has 0 bridgehead atoms. The fourth-order valence-electron chi connectivity index (χ4n) is 3.79. The molecule has 4 rings (SSSR count). The molecule has 0 aliphatic carbocycles. The highest BCUT2D eigenvalue weighted by molar-refractivity contribution is 5.95. The number of esters is 1. The Bertz CT molecular complexity index is 1150. The van der Waals surface area contributed by atoms with Crippen LogP contribution in [0.1, 0.15) is 34.6 Å². The molecule has 0 radical (unpaired) electrons. The first-order chi connectivity index (χ1) is 14.9. The average Bonchev–Trinajstić information content (AvgIpc) is 2.79. The van der Waals surface area contributed by atoms with E-state index in [9.17, 15) is 9.59 Å². The Morgan fingerprint density at radius 3 is 2.77 bits per heavy atom. The highest BCUT2D eigenvalue weighted by atomic mass is 16.5. The lowest BCUT2D eigenvalue weighted by Gasteiger charge is -2.33. The standard InChI is InChI=1S/C23H25N5O3/c1-14-15(2)26-21-20(25-14)11-19(12-24-21)28-9-5-7-17(13-28)22(29)27-18-8-4-6-16(10-18)23(30)31-3/h4,6,8,10-12,17H,5,7,9,13H2,1-3H3,(H,27,29)/t17-/m0/s1. The number of hydrogen-bond donors (Lipinski definition) is 1. The van der Waals surface area contributed by atoms with Gasteiger partial charge >= 0.3 is 5.97 Å². The van der Waals surface area contributed by atoms with Crippen molar-refractivity contribution in [1.29, 1.82) is 0 Å². The minimum atomic E-state index is -0.433. The Labute approximate surface area is 180 Å². The van der Waals surface area contributed by atoms with Gasteiger partial charge in [-0.25, -0.2) is 19.7 Å². The van der Waals surface area contributed by atoms with Crippen molar-refractivity contribution < 1.29 is 14.3 Å². The highest BCUT2D eigenvalue weighted by Crippen LogP contribution is 2.26. The molecule has 1 aromatic carbocycles. The number of aromatic nitrogens is 3. The van der Waals surface area contributed by atoms with Gasteiger partial charge in [0.15, 0.2) is 5.65 Å². The smallest absolute Gasteiger partial charge is 0.337 e. The van der Waals surface area contributed by atoms with Crippen molar-refractivity contribution in [3.05, 3.63) is 53.5 Å². The molecule has 3 aromatic rings. The molecule has 8 heteroatoms. The van der Waals surface area contributed by atoms with E-state index in [0.717, 1.165) is 42.0 Å². The largest absolute Gasteiger partial charge is 0.465 e. The number of rotatable bonds is 4. The lowest BCUT2D eigenvalue weighted by atomic mass is 9.96. The van der Waals surface area contributed by atoms with E-state index in [1.807, 2.05) is 19.9 Å². The van der Waals surface area contributed by atoms with Gasteiger partial charge < -0.3 is 15.0 Å². The van der Waals surface area contributed by atoms with Crippen LogP contribution in [0, 0.1) is 19.8 Å². The van der Waals surface area contributed by atoms with Crippen LogP contribution in [0.15, 0.2) is 36.5 Å². The second-order valence-electron chi connectivity index (χ2n) is 7.78. The number of benzene rings is 1. The number of anilines is 2. The summed E-state index contributed by atoms with van der Waals surface area (Å²) in [6.07, 6.45) is 3.50. The minimum absolute atomic E-state index is 0.0632. The topological polar surface area (TPSA) is 97.3 Å². The first-order valence-corrected chi connectivity index (χ1v) is 10.3. The number of methoxy groups -OCH3 is 1. The molecule has 0 unspecified atom stereocenters. The predicted molar refractivity (Wildman–Crippen MR) is 118 cm³/mol. The van der Waals surface area contributed by atoms with Crippen molar-refractivity contribution in [2.45, 2.75) is 26.7 Å². The maximum Gasteiger partial charge on any atom is 0.337 e. The normalized spacial score (nSPS) is 16.2. The zero-order valence-corrected chi connectivity index (χ0v) is 17.9. The third-order valence-electron chi connectivity index (χ3n) is 5.63. The zero-order valence-electron chi connectivity index (χ0n) is 17.9. The van der Waals surface area contributed by atoms with Crippen LogP contribution in [-0.2, 0) is 9.53 Å². The molecular formula is C23H25N5O3. The summed E-state index contributed by atoms with van der Waals surface area (Å²) in [6, 6.07) is 8.76. The van der Waals surface area contributed by atoms with Gasteiger partial charge in [-0.1, -0.05) is 6.07 Å². The number of nitrogens with one attached hydrogen (secondary N) is 1. The number of amides is 1. The molecule has 3 heterocycles. The molecule has 0 spiro atoms. The summed E-state index contributed by atoms with van der Waals surface area (Å²) in [6.45, 7) is 5.30. The van der Waals surface area contributed by atoms with Crippen molar-refractivity contribution in [3.63, 3.8) is 0 Å². The van der Waals surface area contributed by atoms with Crippen molar-refractivity contribution in [2.75, 3.05) is 30.4 Å². The summed E-state index contributed by atoms with van der Waals surface area (Å²) in [4.78, 5) is 40.4. The quantitative estimate of drug-likeness (QED) is 0.648. The Morgan fingerprint density at radius 1 is 1.16 bits per heavy atom. The SMILES string of the molecule is COC(=O)c1cccc(NC(=O)[C@H]2CCCN(c3cnc4nc(C)c(C)nc4c3)C2)c1. The minimum Gasteiger partial charge on any atom is -0.465 e. The van der Waals surface area contributed by atoms with Crippen molar-refractivity contribution in [3.8, 4) is 0 Å². The Morgan fingerprint density at radius 2 is 1.97 bits per heavy atom. The molecule has 8 nitrogen and oxygen atoms in total. The second-order valence-corrected chi connectivity index (χ2v) is 7.78. The van der Waals surface area contributed by atoms with Crippen LogP contribution in [0.3, 0.4) is 0 Å². The molecule has 0 saturated carbocycles. The molecule has 1 aliphatic rings. The van der Waals surface area contributed by atoms with Gasteiger partial charge in [-0.15, -0.1) is 0 Å². The lowest BCUT2D eigenvalue weighted by Crippen LogP contribution is -2.40. The van der Waals surface area contributed by atoms with Gasteiger partial charge in [-0.05, 0) is 51.0 Å². The predicted octanol–water partition coefficient (Wildman–Crippen LogP) is 3.28.